The maximum Gasteiger partial charge on any atom is 0.328 e. The number of nitrogens with zero attached hydrogens (tertiary/aromatic N) is 1. The molecule has 0 aliphatic carbocycles. The SMILES string of the molecule is NNC(=O)Cn1cc(Br)c(=O)[nH]c1=O. The van der Waals surface area contributed by atoms with Gasteiger partial charge in [-0.2, -0.15) is 0 Å². The molecular weight excluding hydrogens is 256 g/mol. The lowest BCUT2D eigenvalue weighted by molar-refractivity contribution is -0.121. The lowest BCUT2D eigenvalue weighted by Crippen LogP contribution is -2.38. The van der Waals surface area contributed by atoms with Gasteiger partial charge in [-0.1, -0.05) is 0 Å². The molecule has 1 heterocycles. The van der Waals surface area contributed by atoms with Gasteiger partial charge in [0.25, 0.3) is 11.5 Å². The van der Waals surface area contributed by atoms with Gasteiger partial charge in [-0.15, -0.1) is 0 Å². The molecule has 14 heavy (non-hydrogen) atoms. The van der Waals surface area contributed by atoms with Crippen LogP contribution in [0, 0.1) is 0 Å². The molecule has 0 saturated carbocycles. The summed E-state index contributed by atoms with van der Waals surface area (Å²) in [5.41, 5.74) is 0.662. The van der Waals surface area contributed by atoms with Gasteiger partial charge in [-0.3, -0.25) is 24.6 Å². The van der Waals surface area contributed by atoms with Gasteiger partial charge < -0.3 is 0 Å². The molecule has 1 amide bonds. The summed E-state index contributed by atoms with van der Waals surface area (Å²) in [5.74, 6) is 4.30. The highest BCUT2D eigenvalue weighted by molar-refractivity contribution is 9.10. The van der Waals surface area contributed by atoms with Crippen LogP contribution in [0.4, 0.5) is 0 Å². The van der Waals surface area contributed by atoms with Crippen LogP contribution in [-0.2, 0) is 11.3 Å². The zero-order chi connectivity index (χ0) is 10.7. The Labute approximate surface area is 86.0 Å². The average molecular weight is 263 g/mol. The number of H-pyrrole nitrogens is 1. The number of nitrogens with one attached hydrogen (secondary N) is 2. The fourth-order valence-corrected chi connectivity index (χ4v) is 1.15. The number of carbonyl (C=O) groups excluding carboxylic acids is 1. The number of amides is 1. The molecule has 0 fully saturated rings. The van der Waals surface area contributed by atoms with E-state index in [2.05, 4.69) is 15.9 Å². The topological polar surface area (TPSA) is 110 Å². The summed E-state index contributed by atoms with van der Waals surface area (Å²) in [7, 11) is 0. The van der Waals surface area contributed by atoms with Crippen LogP contribution < -0.4 is 22.5 Å². The molecule has 0 aromatic carbocycles. The number of hydrogen-bond donors (Lipinski definition) is 3. The number of rotatable bonds is 2. The van der Waals surface area contributed by atoms with E-state index in [1.54, 1.807) is 0 Å². The lowest BCUT2D eigenvalue weighted by Gasteiger charge is -2.03. The standard InChI is InChI=1S/C6H7BrN4O3/c7-3-1-11(2-4(12)10-8)6(14)9-5(3)13/h1H,2,8H2,(H,10,12)(H,9,13,14). The van der Waals surface area contributed by atoms with E-state index >= 15 is 0 Å². The Kier molecular flexibility index (Phi) is 3.20. The number of nitrogens with two attached hydrogens (primary N) is 1. The zero-order valence-corrected chi connectivity index (χ0v) is 8.50. The van der Waals surface area contributed by atoms with Gasteiger partial charge in [0.1, 0.15) is 6.54 Å². The van der Waals surface area contributed by atoms with E-state index in [0.29, 0.717) is 0 Å². The second kappa shape index (κ2) is 4.20. The van der Waals surface area contributed by atoms with Crippen LogP contribution in [0.5, 0.6) is 0 Å². The molecule has 1 aromatic heterocycles. The molecule has 0 unspecified atom stereocenters. The van der Waals surface area contributed by atoms with Crippen molar-refractivity contribution in [2.75, 3.05) is 0 Å². The van der Waals surface area contributed by atoms with E-state index < -0.39 is 17.2 Å². The van der Waals surface area contributed by atoms with Gasteiger partial charge in [0.05, 0.1) is 4.47 Å². The number of halogens is 1. The number of hydrazine groups is 1. The number of hydrogen-bond acceptors (Lipinski definition) is 4. The number of carbonyl (C=O) groups is 1. The van der Waals surface area contributed by atoms with Crippen LogP contribution in [0.3, 0.4) is 0 Å². The third kappa shape index (κ3) is 2.30. The zero-order valence-electron chi connectivity index (χ0n) is 6.91. The van der Waals surface area contributed by atoms with Gasteiger partial charge in [0.2, 0.25) is 0 Å². The fourth-order valence-electron chi connectivity index (χ4n) is 0.801. The first-order valence-corrected chi connectivity index (χ1v) is 4.32. The summed E-state index contributed by atoms with van der Waals surface area (Å²) in [6.07, 6.45) is 1.22. The van der Waals surface area contributed by atoms with Crippen LogP contribution in [0.25, 0.3) is 0 Å². The summed E-state index contributed by atoms with van der Waals surface area (Å²) in [4.78, 5) is 34.9. The average Bonchev–Trinajstić information content (AvgIpc) is 2.14. The minimum absolute atomic E-state index is 0.168. The molecule has 1 rings (SSSR count). The summed E-state index contributed by atoms with van der Waals surface area (Å²) in [6.45, 7) is -0.245. The molecule has 0 bridgehead atoms. The van der Waals surface area contributed by atoms with Gasteiger partial charge in [0, 0.05) is 6.20 Å². The molecule has 0 spiro atoms. The van der Waals surface area contributed by atoms with Crippen LogP contribution in [-0.4, -0.2) is 15.5 Å². The second-order valence-electron chi connectivity index (χ2n) is 2.43. The van der Waals surface area contributed by atoms with E-state index in [-0.39, 0.29) is 11.0 Å². The van der Waals surface area contributed by atoms with Crippen LogP contribution >= 0.6 is 15.9 Å². The Hall–Kier alpha value is -1.41. The van der Waals surface area contributed by atoms with E-state index in [4.69, 9.17) is 5.84 Å². The van der Waals surface area contributed by atoms with E-state index in [9.17, 15) is 14.4 Å². The molecule has 0 saturated heterocycles. The lowest BCUT2D eigenvalue weighted by atomic mass is 10.5. The van der Waals surface area contributed by atoms with Crippen molar-refractivity contribution in [1.82, 2.24) is 15.0 Å². The first kappa shape index (κ1) is 10.7. The van der Waals surface area contributed by atoms with Crippen molar-refractivity contribution in [2.45, 2.75) is 6.54 Å². The predicted octanol–water partition coefficient (Wildman–Crippen LogP) is -1.71. The van der Waals surface area contributed by atoms with Crippen molar-refractivity contribution >= 4 is 21.8 Å². The second-order valence-corrected chi connectivity index (χ2v) is 3.29. The highest BCUT2D eigenvalue weighted by Crippen LogP contribution is 1.97. The summed E-state index contributed by atoms with van der Waals surface area (Å²) >= 11 is 2.93. The van der Waals surface area contributed by atoms with Crippen molar-refractivity contribution in [3.8, 4) is 0 Å². The maximum atomic E-state index is 11.1. The number of aromatic nitrogens is 2. The van der Waals surface area contributed by atoms with Gasteiger partial charge >= 0.3 is 5.69 Å². The molecule has 0 aliphatic heterocycles. The molecule has 7 nitrogen and oxygen atoms in total. The van der Waals surface area contributed by atoms with Gasteiger partial charge in [-0.05, 0) is 15.9 Å². The molecule has 4 N–H and O–H groups in total. The van der Waals surface area contributed by atoms with Gasteiger partial charge in [0.15, 0.2) is 0 Å². The highest BCUT2D eigenvalue weighted by Gasteiger charge is 2.05. The Morgan fingerprint density at radius 2 is 2.29 bits per heavy atom. The minimum Gasteiger partial charge on any atom is -0.293 e. The third-order valence-electron chi connectivity index (χ3n) is 1.44. The van der Waals surface area contributed by atoms with Crippen molar-refractivity contribution < 1.29 is 4.79 Å². The van der Waals surface area contributed by atoms with Crippen LogP contribution in [0.2, 0.25) is 0 Å². The van der Waals surface area contributed by atoms with Gasteiger partial charge in [-0.25, -0.2) is 10.6 Å². The fraction of sp³-hybridized carbons (Fsp3) is 0.167. The maximum absolute atomic E-state index is 11.1. The predicted molar refractivity (Wildman–Crippen MR) is 51.4 cm³/mol. The molecule has 0 atom stereocenters. The highest BCUT2D eigenvalue weighted by atomic mass is 79.9. The molecule has 1 aromatic rings. The Bertz CT molecular complexity index is 463. The summed E-state index contributed by atoms with van der Waals surface area (Å²) in [5, 5.41) is 0. The molecule has 8 heteroatoms. The van der Waals surface area contributed by atoms with Crippen molar-refractivity contribution in [2.24, 2.45) is 5.84 Å². The van der Waals surface area contributed by atoms with Crippen LogP contribution in [0.1, 0.15) is 0 Å². The quantitative estimate of drug-likeness (QED) is 0.335. The normalized spacial score (nSPS) is 9.86. The Morgan fingerprint density at radius 3 is 2.86 bits per heavy atom. The van der Waals surface area contributed by atoms with Crippen molar-refractivity contribution in [3.05, 3.63) is 31.5 Å². The van der Waals surface area contributed by atoms with E-state index in [0.717, 1.165) is 4.57 Å². The largest absolute Gasteiger partial charge is 0.328 e. The minimum atomic E-state index is -0.665. The first-order chi connectivity index (χ1) is 6.54. The Balaban J connectivity index is 3.11. The summed E-state index contributed by atoms with van der Waals surface area (Å²) < 4.78 is 1.19. The molecule has 76 valence electrons. The van der Waals surface area contributed by atoms with E-state index in [1.165, 1.54) is 6.20 Å². The van der Waals surface area contributed by atoms with Crippen molar-refractivity contribution in [1.29, 1.82) is 0 Å². The monoisotopic (exact) mass is 262 g/mol. The molecule has 0 radical (unpaired) electrons. The first-order valence-electron chi connectivity index (χ1n) is 3.53. The summed E-state index contributed by atoms with van der Waals surface area (Å²) in [6, 6.07) is 0. The Morgan fingerprint density at radius 1 is 1.64 bits per heavy atom. The van der Waals surface area contributed by atoms with Crippen molar-refractivity contribution in [3.63, 3.8) is 0 Å². The molecule has 0 aliphatic rings. The third-order valence-corrected chi connectivity index (χ3v) is 2.01. The van der Waals surface area contributed by atoms with Crippen LogP contribution in [0.15, 0.2) is 20.3 Å². The van der Waals surface area contributed by atoms with E-state index in [1.807, 2.05) is 10.4 Å². The molecular formula is C6H7BrN4O3. The number of aromatic amines is 1. The smallest absolute Gasteiger partial charge is 0.293 e.